The molecule has 0 amide bonds. The van der Waals surface area contributed by atoms with Gasteiger partial charge in [-0.1, -0.05) is 54.5 Å². The lowest BCUT2D eigenvalue weighted by Gasteiger charge is -2.06. The summed E-state index contributed by atoms with van der Waals surface area (Å²) in [5.41, 5.74) is 6.10. The van der Waals surface area contributed by atoms with E-state index >= 15 is 0 Å². The topological polar surface area (TPSA) is 0 Å². The smallest absolute Gasteiger partial charge is 0.0123 e. The fourth-order valence-corrected chi connectivity index (χ4v) is 2.81. The van der Waals surface area contributed by atoms with Gasteiger partial charge in [-0.3, -0.25) is 0 Å². The van der Waals surface area contributed by atoms with Crippen LogP contribution in [0.3, 0.4) is 0 Å². The van der Waals surface area contributed by atoms with E-state index in [1.54, 1.807) is 11.1 Å². The number of hydrogen-bond donors (Lipinski definition) is 0. The number of hydrogen-bond acceptors (Lipinski definition) is 0. The normalized spacial score (nSPS) is 23.6. The molecule has 0 spiro atoms. The molecule has 0 bridgehead atoms. The van der Waals surface area contributed by atoms with Gasteiger partial charge in [-0.2, -0.15) is 0 Å². The lowest BCUT2D eigenvalue weighted by atomic mass is 9.98. The van der Waals surface area contributed by atoms with Crippen molar-refractivity contribution in [2.45, 2.75) is 26.2 Å². The Labute approximate surface area is 97.7 Å². The van der Waals surface area contributed by atoms with Crippen LogP contribution in [0, 0.1) is 12.3 Å². The molecule has 0 heterocycles. The molecular formula is C16H17. The van der Waals surface area contributed by atoms with Crippen LogP contribution in [0.25, 0.3) is 0 Å². The molecule has 0 nitrogen and oxygen atoms in total. The molecule has 0 N–H and O–H groups in total. The van der Waals surface area contributed by atoms with Crippen molar-refractivity contribution in [1.82, 2.24) is 0 Å². The second-order valence-electron chi connectivity index (χ2n) is 5.09. The summed E-state index contributed by atoms with van der Waals surface area (Å²) in [6.45, 7) is 2.34. The highest BCUT2D eigenvalue weighted by molar-refractivity contribution is 5.51. The van der Waals surface area contributed by atoms with Gasteiger partial charge in [0.25, 0.3) is 0 Å². The highest BCUT2D eigenvalue weighted by atomic mass is 14.3. The molecule has 16 heavy (non-hydrogen) atoms. The largest absolute Gasteiger partial charge is 0.0622 e. The van der Waals surface area contributed by atoms with Crippen LogP contribution >= 0.6 is 0 Å². The number of benzene rings is 1. The van der Waals surface area contributed by atoms with E-state index in [0.717, 1.165) is 12.3 Å². The average molecular weight is 209 g/mol. The van der Waals surface area contributed by atoms with Gasteiger partial charge in [-0.25, -0.2) is 0 Å². The van der Waals surface area contributed by atoms with E-state index in [4.69, 9.17) is 0 Å². The van der Waals surface area contributed by atoms with E-state index in [-0.39, 0.29) is 0 Å². The summed E-state index contributed by atoms with van der Waals surface area (Å²) in [7, 11) is 0. The maximum Gasteiger partial charge on any atom is 0.0123 e. The quantitative estimate of drug-likeness (QED) is 0.688. The zero-order valence-corrected chi connectivity index (χ0v) is 9.74. The van der Waals surface area contributed by atoms with Crippen molar-refractivity contribution >= 4 is 0 Å². The maximum absolute atomic E-state index is 2.41. The molecule has 0 heteroatoms. The summed E-state index contributed by atoms with van der Waals surface area (Å²) in [5.74, 6) is 0.857. The minimum absolute atomic E-state index is 0.857. The van der Waals surface area contributed by atoms with Gasteiger partial charge < -0.3 is 0 Å². The third-order valence-electron chi connectivity index (χ3n) is 3.52. The predicted molar refractivity (Wildman–Crippen MR) is 68.0 cm³/mol. The zero-order chi connectivity index (χ0) is 11.0. The molecule has 0 aromatic heterocycles. The minimum atomic E-state index is 0.857. The van der Waals surface area contributed by atoms with Gasteiger partial charge in [0.05, 0.1) is 0 Å². The molecule has 1 aromatic rings. The Morgan fingerprint density at radius 1 is 1.06 bits per heavy atom. The highest BCUT2D eigenvalue weighted by Gasteiger charge is 2.24. The predicted octanol–water partition coefficient (Wildman–Crippen LogP) is 4.10. The van der Waals surface area contributed by atoms with E-state index in [2.05, 4.69) is 49.8 Å². The highest BCUT2D eigenvalue weighted by Crippen LogP contribution is 2.40. The Hall–Kier alpha value is -1.30. The van der Waals surface area contributed by atoms with Crippen LogP contribution in [-0.4, -0.2) is 0 Å². The SMILES string of the molecule is CC1CC2=C(C=C(Cc3ccccc3)[CH]2)C1. The molecule has 1 unspecified atom stereocenters. The van der Waals surface area contributed by atoms with Crippen molar-refractivity contribution in [3.8, 4) is 0 Å². The second kappa shape index (κ2) is 3.93. The summed E-state index contributed by atoms with van der Waals surface area (Å²) in [5, 5.41) is 0. The first-order valence-electron chi connectivity index (χ1n) is 6.12. The molecule has 0 aliphatic heterocycles. The molecule has 0 saturated heterocycles. The summed E-state index contributed by atoms with van der Waals surface area (Å²) in [6, 6.07) is 10.7. The van der Waals surface area contributed by atoms with Crippen LogP contribution in [-0.2, 0) is 6.42 Å². The molecule has 1 radical (unpaired) electrons. The van der Waals surface area contributed by atoms with Crippen molar-refractivity contribution in [2.75, 3.05) is 0 Å². The van der Waals surface area contributed by atoms with Crippen LogP contribution in [0.5, 0.6) is 0 Å². The van der Waals surface area contributed by atoms with E-state index < -0.39 is 0 Å². The first-order chi connectivity index (χ1) is 7.81. The van der Waals surface area contributed by atoms with Crippen molar-refractivity contribution in [3.63, 3.8) is 0 Å². The number of allylic oxidation sites excluding steroid dienone is 4. The molecular weight excluding hydrogens is 192 g/mol. The van der Waals surface area contributed by atoms with Gasteiger partial charge >= 0.3 is 0 Å². The van der Waals surface area contributed by atoms with E-state index in [9.17, 15) is 0 Å². The summed E-state index contributed by atoms with van der Waals surface area (Å²) >= 11 is 0. The summed E-state index contributed by atoms with van der Waals surface area (Å²) in [6.07, 6.45) is 8.47. The van der Waals surface area contributed by atoms with Gasteiger partial charge in [0.1, 0.15) is 0 Å². The molecule has 1 atom stereocenters. The first-order valence-corrected chi connectivity index (χ1v) is 6.12. The maximum atomic E-state index is 2.41. The molecule has 3 rings (SSSR count). The lowest BCUT2D eigenvalue weighted by Crippen LogP contribution is -1.93. The van der Waals surface area contributed by atoms with Crippen LogP contribution in [0.1, 0.15) is 25.3 Å². The van der Waals surface area contributed by atoms with Gasteiger partial charge in [0, 0.05) is 6.42 Å². The summed E-state index contributed by atoms with van der Waals surface area (Å²) < 4.78 is 0. The van der Waals surface area contributed by atoms with E-state index in [0.29, 0.717) is 0 Å². The van der Waals surface area contributed by atoms with Crippen molar-refractivity contribution in [3.05, 3.63) is 65.1 Å². The zero-order valence-electron chi connectivity index (χ0n) is 9.74. The average Bonchev–Trinajstić information content (AvgIpc) is 2.76. The van der Waals surface area contributed by atoms with Gasteiger partial charge in [0.2, 0.25) is 0 Å². The number of rotatable bonds is 2. The van der Waals surface area contributed by atoms with Crippen LogP contribution < -0.4 is 0 Å². The summed E-state index contributed by atoms with van der Waals surface area (Å²) in [4.78, 5) is 0. The van der Waals surface area contributed by atoms with E-state index in [1.165, 1.54) is 24.0 Å². The Balaban J connectivity index is 1.70. The van der Waals surface area contributed by atoms with Crippen LogP contribution in [0.4, 0.5) is 0 Å². The third kappa shape index (κ3) is 1.84. The molecule has 1 aromatic carbocycles. The van der Waals surface area contributed by atoms with Crippen molar-refractivity contribution in [2.24, 2.45) is 5.92 Å². The van der Waals surface area contributed by atoms with Crippen molar-refractivity contribution < 1.29 is 0 Å². The minimum Gasteiger partial charge on any atom is -0.0622 e. The Morgan fingerprint density at radius 2 is 1.81 bits per heavy atom. The third-order valence-corrected chi connectivity index (χ3v) is 3.52. The van der Waals surface area contributed by atoms with Gasteiger partial charge in [-0.05, 0) is 36.3 Å². The van der Waals surface area contributed by atoms with Crippen LogP contribution in [0.2, 0.25) is 0 Å². The van der Waals surface area contributed by atoms with Gasteiger partial charge in [0.15, 0.2) is 0 Å². The molecule has 2 aliphatic rings. The van der Waals surface area contributed by atoms with Crippen molar-refractivity contribution in [1.29, 1.82) is 0 Å². The van der Waals surface area contributed by atoms with Gasteiger partial charge in [-0.15, -0.1) is 0 Å². The molecule has 0 fully saturated rings. The fourth-order valence-electron chi connectivity index (χ4n) is 2.81. The first kappa shape index (κ1) is 9.89. The monoisotopic (exact) mass is 209 g/mol. The lowest BCUT2D eigenvalue weighted by molar-refractivity contribution is 0.622. The molecule has 81 valence electrons. The van der Waals surface area contributed by atoms with E-state index in [1.807, 2.05) is 0 Å². The molecule has 0 saturated carbocycles. The van der Waals surface area contributed by atoms with Crippen LogP contribution in [0.15, 0.2) is 53.1 Å². The second-order valence-corrected chi connectivity index (χ2v) is 5.09. The Morgan fingerprint density at radius 3 is 2.56 bits per heavy atom. The fraction of sp³-hybridized carbons (Fsp3) is 0.312. The standard InChI is InChI=1S/C16H17/c1-12-7-15-10-14(11-16(15)8-12)9-13-5-3-2-4-6-13/h2-6,10-12H,7-9H2,1H3. The Bertz CT molecular complexity index is 448. The molecule has 2 aliphatic carbocycles. The Kier molecular flexibility index (Phi) is 2.43.